The van der Waals surface area contributed by atoms with Crippen LogP contribution in [-0.4, -0.2) is 54.1 Å². The number of imide groups is 1. The van der Waals surface area contributed by atoms with E-state index in [0.29, 0.717) is 37.4 Å². The van der Waals surface area contributed by atoms with E-state index in [4.69, 9.17) is 9.47 Å². The van der Waals surface area contributed by atoms with Crippen LogP contribution in [0.5, 0.6) is 0 Å². The lowest BCUT2D eigenvalue weighted by atomic mass is 9.96. The Labute approximate surface area is 212 Å². The summed E-state index contributed by atoms with van der Waals surface area (Å²) in [5, 5.41) is 0. The Kier molecular flexibility index (Phi) is 7.86. The topological polar surface area (TPSA) is 59.1 Å². The maximum Gasteiger partial charge on any atom is 0.261 e. The van der Waals surface area contributed by atoms with Gasteiger partial charge in [-0.1, -0.05) is 72.8 Å². The highest BCUT2D eigenvalue weighted by Crippen LogP contribution is 2.26. The molecule has 36 heavy (non-hydrogen) atoms. The summed E-state index contributed by atoms with van der Waals surface area (Å²) < 4.78 is 12.6. The molecule has 2 aliphatic rings. The summed E-state index contributed by atoms with van der Waals surface area (Å²) in [6.45, 7) is 3.88. The van der Waals surface area contributed by atoms with Gasteiger partial charge < -0.3 is 14.4 Å². The number of benzene rings is 3. The number of rotatable bonds is 10. The molecule has 0 bridgehead atoms. The molecule has 0 aliphatic carbocycles. The number of nitrogens with zero attached hydrogens (tertiary/aromatic N) is 2. The van der Waals surface area contributed by atoms with Gasteiger partial charge in [-0.25, -0.2) is 0 Å². The van der Waals surface area contributed by atoms with Gasteiger partial charge in [0, 0.05) is 19.0 Å². The number of ether oxygens (including phenoxy) is 2. The summed E-state index contributed by atoms with van der Waals surface area (Å²) in [5.41, 5.74) is 3.28. The van der Waals surface area contributed by atoms with Gasteiger partial charge in [0.25, 0.3) is 11.8 Å². The minimum absolute atomic E-state index is 0.186. The highest BCUT2D eigenvalue weighted by atomic mass is 16.7. The molecule has 1 saturated heterocycles. The molecule has 0 aromatic heterocycles. The first kappa shape index (κ1) is 24.4. The Morgan fingerprint density at radius 2 is 1.14 bits per heavy atom. The van der Waals surface area contributed by atoms with Crippen molar-refractivity contribution in [2.45, 2.75) is 32.3 Å². The van der Waals surface area contributed by atoms with E-state index in [1.807, 2.05) is 36.4 Å². The van der Waals surface area contributed by atoms with Crippen molar-refractivity contribution in [1.82, 2.24) is 9.80 Å². The first-order valence-corrected chi connectivity index (χ1v) is 12.7. The number of carbonyl (C=O) groups is 2. The predicted molar refractivity (Wildman–Crippen MR) is 137 cm³/mol. The Hall–Kier alpha value is -3.32. The quantitative estimate of drug-likeness (QED) is 0.307. The molecule has 3 aromatic carbocycles. The van der Waals surface area contributed by atoms with Crippen LogP contribution >= 0.6 is 0 Å². The summed E-state index contributed by atoms with van der Waals surface area (Å²) in [6, 6.07) is 27.4. The van der Waals surface area contributed by atoms with E-state index in [2.05, 4.69) is 29.2 Å². The van der Waals surface area contributed by atoms with Crippen molar-refractivity contribution in [3.8, 4) is 0 Å². The Balaban J connectivity index is 1.14. The summed E-state index contributed by atoms with van der Waals surface area (Å²) in [5.74, 6) is -0.0867. The monoisotopic (exact) mass is 484 g/mol. The SMILES string of the molecule is O=C1c2ccccc2C(=O)N1CCN1CCC(C(OCc2ccccc2)OCc2ccccc2)CC1. The number of fused-ring (bicyclic) bond motifs is 1. The van der Waals surface area contributed by atoms with Gasteiger partial charge in [0.1, 0.15) is 0 Å². The van der Waals surface area contributed by atoms with Crippen LogP contribution in [0.1, 0.15) is 44.7 Å². The fraction of sp³-hybridized carbons (Fsp3) is 0.333. The lowest BCUT2D eigenvalue weighted by molar-refractivity contribution is -0.193. The van der Waals surface area contributed by atoms with Crippen LogP contribution in [0.2, 0.25) is 0 Å². The molecule has 0 saturated carbocycles. The second kappa shape index (κ2) is 11.6. The van der Waals surface area contributed by atoms with Gasteiger partial charge in [-0.2, -0.15) is 0 Å². The van der Waals surface area contributed by atoms with Gasteiger partial charge in [0.15, 0.2) is 6.29 Å². The molecule has 3 aromatic rings. The van der Waals surface area contributed by atoms with E-state index >= 15 is 0 Å². The minimum Gasteiger partial charge on any atom is -0.348 e. The number of piperidine rings is 1. The molecule has 0 unspecified atom stereocenters. The Bertz CT molecular complexity index is 1080. The summed E-state index contributed by atoms with van der Waals surface area (Å²) in [6.07, 6.45) is 1.59. The molecule has 2 aliphatic heterocycles. The van der Waals surface area contributed by atoms with Gasteiger partial charge in [-0.3, -0.25) is 14.5 Å². The van der Waals surface area contributed by atoms with Gasteiger partial charge in [-0.05, 0) is 49.2 Å². The van der Waals surface area contributed by atoms with Crippen molar-refractivity contribution in [3.05, 3.63) is 107 Å². The summed E-state index contributed by atoms with van der Waals surface area (Å²) in [4.78, 5) is 29.0. The third-order valence-corrected chi connectivity index (χ3v) is 7.05. The molecule has 6 nitrogen and oxygen atoms in total. The molecule has 6 heteroatoms. The second-order valence-electron chi connectivity index (χ2n) is 9.45. The maximum absolute atomic E-state index is 12.7. The van der Waals surface area contributed by atoms with E-state index < -0.39 is 0 Å². The summed E-state index contributed by atoms with van der Waals surface area (Å²) in [7, 11) is 0. The molecular formula is C30H32N2O4. The molecule has 5 rings (SSSR count). The zero-order valence-electron chi connectivity index (χ0n) is 20.4. The number of hydrogen-bond acceptors (Lipinski definition) is 5. The smallest absolute Gasteiger partial charge is 0.261 e. The standard InChI is InChI=1S/C30H32N2O4/c33-28-26-13-7-8-14-27(26)29(34)32(28)20-19-31-17-15-25(16-18-31)30(35-21-23-9-3-1-4-10-23)36-22-24-11-5-2-6-12-24/h1-14,25,30H,15-22H2. The largest absolute Gasteiger partial charge is 0.348 e. The molecule has 2 heterocycles. The molecule has 0 spiro atoms. The van der Waals surface area contributed by atoms with Crippen molar-refractivity contribution in [3.63, 3.8) is 0 Å². The number of amides is 2. The Morgan fingerprint density at radius 3 is 1.64 bits per heavy atom. The van der Waals surface area contributed by atoms with Crippen molar-refractivity contribution in [2.24, 2.45) is 5.92 Å². The molecule has 0 N–H and O–H groups in total. The maximum atomic E-state index is 12.7. The fourth-order valence-corrected chi connectivity index (χ4v) is 4.96. The van der Waals surface area contributed by atoms with Crippen LogP contribution in [0.15, 0.2) is 84.9 Å². The minimum atomic E-state index is -0.288. The summed E-state index contributed by atoms with van der Waals surface area (Å²) >= 11 is 0. The molecule has 1 fully saturated rings. The highest BCUT2D eigenvalue weighted by Gasteiger charge is 2.35. The van der Waals surface area contributed by atoms with Crippen molar-refractivity contribution in [1.29, 1.82) is 0 Å². The van der Waals surface area contributed by atoms with Crippen LogP contribution in [-0.2, 0) is 22.7 Å². The van der Waals surface area contributed by atoms with Crippen LogP contribution < -0.4 is 0 Å². The normalized spacial score (nSPS) is 16.6. The average Bonchev–Trinajstić information content (AvgIpc) is 3.18. The van der Waals surface area contributed by atoms with Crippen molar-refractivity contribution >= 4 is 11.8 Å². The average molecular weight is 485 g/mol. The van der Waals surface area contributed by atoms with Gasteiger partial charge in [0.2, 0.25) is 0 Å². The molecule has 0 atom stereocenters. The van der Waals surface area contributed by atoms with E-state index in [9.17, 15) is 9.59 Å². The van der Waals surface area contributed by atoms with Crippen LogP contribution in [0, 0.1) is 5.92 Å². The first-order chi connectivity index (χ1) is 17.7. The van der Waals surface area contributed by atoms with Crippen LogP contribution in [0.3, 0.4) is 0 Å². The van der Waals surface area contributed by atoms with E-state index in [-0.39, 0.29) is 24.0 Å². The lowest BCUT2D eigenvalue weighted by Gasteiger charge is -2.36. The zero-order chi connectivity index (χ0) is 24.7. The molecule has 2 amide bonds. The van der Waals surface area contributed by atoms with Gasteiger partial charge >= 0.3 is 0 Å². The third kappa shape index (κ3) is 5.73. The predicted octanol–water partition coefficient (Wildman–Crippen LogP) is 4.75. The van der Waals surface area contributed by atoms with Crippen molar-refractivity contribution < 1.29 is 19.1 Å². The van der Waals surface area contributed by atoms with Crippen LogP contribution in [0.25, 0.3) is 0 Å². The third-order valence-electron chi connectivity index (χ3n) is 7.05. The van der Waals surface area contributed by atoms with E-state index in [0.717, 1.165) is 37.1 Å². The van der Waals surface area contributed by atoms with E-state index in [1.165, 1.54) is 4.90 Å². The second-order valence-corrected chi connectivity index (χ2v) is 9.45. The molecular weight excluding hydrogens is 452 g/mol. The number of hydrogen-bond donors (Lipinski definition) is 0. The van der Waals surface area contributed by atoms with E-state index in [1.54, 1.807) is 24.3 Å². The molecule has 0 radical (unpaired) electrons. The highest BCUT2D eigenvalue weighted by molar-refractivity contribution is 6.21. The van der Waals surface area contributed by atoms with Crippen LogP contribution in [0.4, 0.5) is 0 Å². The lowest BCUT2D eigenvalue weighted by Crippen LogP contribution is -2.43. The van der Waals surface area contributed by atoms with Crippen molar-refractivity contribution in [2.75, 3.05) is 26.2 Å². The number of carbonyl (C=O) groups excluding carboxylic acids is 2. The fourth-order valence-electron chi connectivity index (χ4n) is 4.96. The number of likely N-dealkylation sites (tertiary alicyclic amines) is 1. The zero-order valence-corrected chi connectivity index (χ0v) is 20.4. The first-order valence-electron chi connectivity index (χ1n) is 12.7. The molecule has 186 valence electrons. The van der Waals surface area contributed by atoms with Gasteiger partial charge in [0.05, 0.1) is 24.3 Å². The Morgan fingerprint density at radius 1 is 0.667 bits per heavy atom. The van der Waals surface area contributed by atoms with Gasteiger partial charge in [-0.15, -0.1) is 0 Å².